The average Bonchev–Trinajstić information content (AvgIpc) is 3.15. The van der Waals surface area contributed by atoms with E-state index in [1.807, 2.05) is 0 Å². The Labute approximate surface area is 162 Å². The zero-order valence-corrected chi connectivity index (χ0v) is 17.0. The SMILES string of the molecule is C[SiH](C)CC#Cc1ccc2cc3c(ccc4c5c(ccc43)CC=C5)cc2c1. The molecule has 4 aromatic carbocycles. The van der Waals surface area contributed by atoms with Crippen LogP contribution in [0.5, 0.6) is 0 Å². The topological polar surface area (TPSA) is 0 Å². The summed E-state index contributed by atoms with van der Waals surface area (Å²) in [5.74, 6) is 6.71. The number of allylic oxidation sites excluding steroid dienone is 1. The molecule has 0 unspecified atom stereocenters. The van der Waals surface area contributed by atoms with E-state index in [4.69, 9.17) is 0 Å². The molecule has 4 aromatic rings. The van der Waals surface area contributed by atoms with Crippen LogP contribution in [-0.4, -0.2) is 8.80 Å². The van der Waals surface area contributed by atoms with E-state index in [1.54, 1.807) is 0 Å². The first-order valence-electron chi connectivity index (χ1n) is 9.76. The molecule has 0 N–H and O–H groups in total. The number of fused-ring (bicyclic) bond motifs is 6. The molecule has 0 saturated heterocycles. The van der Waals surface area contributed by atoms with Gasteiger partial charge in [-0.2, -0.15) is 0 Å². The monoisotopic (exact) mass is 362 g/mol. The zero-order valence-electron chi connectivity index (χ0n) is 15.8. The van der Waals surface area contributed by atoms with Crippen molar-refractivity contribution in [2.24, 2.45) is 0 Å². The van der Waals surface area contributed by atoms with Crippen LogP contribution in [0.3, 0.4) is 0 Å². The fraction of sp³-hybridized carbons (Fsp3) is 0.154. The summed E-state index contributed by atoms with van der Waals surface area (Å²) in [6, 6.07) is 21.5. The Kier molecular flexibility index (Phi) is 3.88. The minimum atomic E-state index is -0.604. The van der Waals surface area contributed by atoms with Crippen molar-refractivity contribution in [3.8, 4) is 11.8 Å². The van der Waals surface area contributed by atoms with Crippen LogP contribution in [0.4, 0.5) is 0 Å². The van der Waals surface area contributed by atoms with Gasteiger partial charge in [0.15, 0.2) is 0 Å². The third kappa shape index (κ3) is 2.87. The van der Waals surface area contributed by atoms with Gasteiger partial charge < -0.3 is 0 Å². The normalized spacial score (nSPS) is 12.7. The van der Waals surface area contributed by atoms with Gasteiger partial charge in [0.25, 0.3) is 0 Å². The lowest BCUT2D eigenvalue weighted by molar-refractivity contribution is 1.32. The highest BCUT2D eigenvalue weighted by molar-refractivity contribution is 6.56. The van der Waals surface area contributed by atoms with E-state index in [0.717, 1.165) is 18.0 Å². The summed E-state index contributed by atoms with van der Waals surface area (Å²) < 4.78 is 0. The van der Waals surface area contributed by atoms with Gasteiger partial charge in [-0.05, 0) is 74.1 Å². The fourth-order valence-corrected chi connectivity index (χ4v) is 4.58. The van der Waals surface area contributed by atoms with Gasteiger partial charge >= 0.3 is 0 Å². The second kappa shape index (κ2) is 6.41. The standard InChI is InChI=1S/C26H22Si/c1-27(2)14-4-5-18-8-9-20-17-26-21(16-22(20)15-18)11-13-24-23-7-3-6-19(23)10-12-25(24)26/h3,7-13,15-17,27H,6,14H2,1-2H3. The van der Waals surface area contributed by atoms with Gasteiger partial charge in [-0.3, -0.25) is 0 Å². The van der Waals surface area contributed by atoms with Crippen LogP contribution in [0.1, 0.15) is 16.7 Å². The molecule has 0 nitrogen and oxygen atoms in total. The summed E-state index contributed by atoms with van der Waals surface area (Å²) in [6.07, 6.45) is 5.60. The molecule has 0 spiro atoms. The third-order valence-electron chi connectivity index (χ3n) is 5.47. The molecule has 0 fully saturated rings. The number of hydrogen-bond acceptors (Lipinski definition) is 0. The van der Waals surface area contributed by atoms with Gasteiger partial charge in [-0.25, -0.2) is 0 Å². The van der Waals surface area contributed by atoms with Gasteiger partial charge in [0.05, 0.1) is 0 Å². The van der Waals surface area contributed by atoms with Gasteiger partial charge in [-0.1, -0.05) is 61.5 Å². The number of hydrogen-bond donors (Lipinski definition) is 0. The van der Waals surface area contributed by atoms with Crippen molar-refractivity contribution in [3.05, 3.63) is 77.4 Å². The predicted octanol–water partition coefficient (Wildman–Crippen LogP) is 6.55. The second-order valence-corrected chi connectivity index (χ2v) is 11.1. The van der Waals surface area contributed by atoms with E-state index in [1.165, 1.54) is 43.4 Å². The average molecular weight is 363 g/mol. The Morgan fingerprint density at radius 1 is 0.815 bits per heavy atom. The van der Waals surface area contributed by atoms with Gasteiger partial charge in [0.1, 0.15) is 0 Å². The minimum absolute atomic E-state index is 0.604. The number of benzene rings is 4. The van der Waals surface area contributed by atoms with Crippen molar-refractivity contribution in [1.29, 1.82) is 0 Å². The Bertz CT molecular complexity index is 1300. The fourth-order valence-electron chi connectivity index (χ4n) is 4.07. The first kappa shape index (κ1) is 16.4. The van der Waals surface area contributed by atoms with E-state index in [9.17, 15) is 0 Å². The van der Waals surface area contributed by atoms with Crippen LogP contribution in [0.15, 0.2) is 60.7 Å². The molecular formula is C26H22Si. The smallest absolute Gasteiger partial charge is 0.0443 e. The van der Waals surface area contributed by atoms with Gasteiger partial charge in [-0.15, -0.1) is 5.92 Å². The Balaban J connectivity index is 1.68. The van der Waals surface area contributed by atoms with Crippen molar-refractivity contribution in [1.82, 2.24) is 0 Å². The van der Waals surface area contributed by atoms with Crippen molar-refractivity contribution in [2.75, 3.05) is 0 Å². The summed E-state index contributed by atoms with van der Waals surface area (Å²) in [6.45, 7) is 4.69. The van der Waals surface area contributed by atoms with Crippen molar-refractivity contribution in [3.63, 3.8) is 0 Å². The van der Waals surface area contributed by atoms with Crippen LogP contribution in [0, 0.1) is 11.8 Å². The zero-order chi connectivity index (χ0) is 18.4. The molecule has 0 heterocycles. The highest BCUT2D eigenvalue weighted by Gasteiger charge is 2.11. The molecule has 1 aliphatic carbocycles. The summed E-state index contributed by atoms with van der Waals surface area (Å²) in [4.78, 5) is 0. The maximum Gasteiger partial charge on any atom is 0.0443 e. The molecule has 0 bridgehead atoms. The molecule has 27 heavy (non-hydrogen) atoms. The lowest BCUT2D eigenvalue weighted by atomic mass is 9.94. The summed E-state index contributed by atoms with van der Waals surface area (Å²) in [7, 11) is -0.604. The first-order chi connectivity index (χ1) is 13.2. The maximum absolute atomic E-state index is 3.36. The molecule has 0 aliphatic heterocycles. The van der Waals surface area contributed by atoms with Crippen LogP contribution in [0.25, 0.3) is 38.4 Å². The minimum Gasteiger partial charge on any atom is -0.101 e. The Hall–Kier alpha value is -2.82. The van der Waals surface area contributed by atoms with Crippen LogP contribution >= 0.6 is 0 Å². The molecule has 1 heteroatoms. The summed E-state index contributed by atoms with van der Waals surface area (Å²) in [5.41, 5.74) is 3.96. The van der Waals surface area contributed by atoms with Crippen LogP contribution < -0.4 is 0 Å². The number of rotatable bonds is 1. The van der Waals surface area contributed by atoms with Crippen LogP contribution in [-0.2, 0) is 6.42 Å². The molecule has 1 aliphatic rings. The van der Waals surface area contributed by atoms with E-state index in [0.29, 0.717) is 0 Å². The summed E-state index contributed by atoms with van der Waals surface area (Å²) in [5, 5.41) is 7.93. The Morgan fingerprint density at radius 2 is 1.67 bits per heavy atom. The lowest BCUT2D eigenvalue weighted by Crippen LogP contribution is -1.95. The molecule has 0 amide bonds. The molecule has 5 rings (SSSR count). The predicted molar refractivity (Wildman–Crippen MR) is 122 cm³/mol. The Morgan fingerprint density at radius 3 is 2.56 bits per heavy atom. The van der Waals surface area contributed by atoms with Crippen molar-refractivity contribution < 1.29 is 0 Å². The highest BCUT2D eigenvalue weighted by atomic mass is 28.3. The van der Waals surface area contributed by atoms with E-state index in [2.05, 4.69) is 91.7 Å². The molecular weight excluding hydrogens is 340 g/mol. The first-order valence-corrected chi connectivity index (χ1v) is 12.9. The van der Waals surface area contributed by atoms with Crippen LogP contribution in [0.2, 0.25) is 19.1 Å². The molecule has 130 valence electrons. The lowest BCUT2D eigenvalue weighted by Gasteiger charge is -2.10. The van der Waals surface area contributed by atoms with E-state index in [-0.39, 0.29) is 0 Å². The molecule has 0 radical (unpaired) electrons. The van der Waals surface area contributed by atoms with Crippen molar-refractivity contribution in [2.45, 2.75) is 25.6 Å². The maximum atomic E-state index is 3.36. The van der Waals surface area contributed by atoms with E-state index >= 15 is 0 Å². The van der Waals surface area contributed by atoms with Gasteiger partial charge in [0, 0.05) is 20.4 Å². The largest absolute Gasteiger partial charge is 0.101 e. The quantitative estimate of drug-likeness (QED) is 0.156. The third-order valence-corrected chi connectivity index (χ3v) is 6.49. The molecule has 0 atom stereocenters. The summed E-state index contributed by atoms with van der Waals surface area (Å²) >= 11 is 0. The van der Waals surface area contributed by atoms with E-state index < -0.39 is 8.80 Å². The van der Waals surface area contributed by atoms with Gasteiger partial charge in [0.2, 0.25) is 0 Å². The highest BCUT2D eigenvalue weighted by Crippen LogP contribution is 2.34. The second-order valence-electron chi connectivity index (χ2n) is 7.94. The van der Waals surface area contributed by atoms with Crippen molar-refractivity contribution >= 4 is 47.2 Å². The molecule has 0 saturated carbocycles. The molecule has 0 aromatic heterocycles.